The lowest BCUT2D eigenvalue weighted by atomic mass is 10.1. The standard InChI is InChI=1S/C20H27N3O2/c1-15-19(9-12-24)16(2)23(21-15)14-17-7-6-8-18(13-17)20(25)22-10-4-3-5-11-22/h6-8,13,24H,3-5,9-12,14H2,1-2H3. The number of nitrogens with zero attached hydrogens (tertiary/aromatic N) is 3. The summed E-state index contributed by atoms with van der Waals surface area (Å²) in [5, 5.41) is 13.8. The van der Waals surface area contributed by atoms with Crippen LogP contribution >= 0.6 is 0 Å². The van der Waals surface area contributed by atoms with Crippen LogP contribution in [0.4, 0.5) is 0 Å². The molecule has 0 bridgehead atoms. The van der Waals surface area contributed by atoms with Crippen molar-refractivity contribution in [3.63, 3.8) is 0 Å². The van der Waals surface area contributed by atoms with E-state index in [4.69, 9.17) is 0 Å². The molecule has 1 aliphatic rings. The van der Waals surface area contributed by atoms with Crippen LogP contribution in [0.2, 0.25) is 0 Å². The maximum absolute atomic E-state index is 12.7. The number of benzene rings is 1. The minimum absolute atomic E-state index is 0.132. The number of aliphatic hydroxyl groups is 1. The predicted octanol–water partition coefficient (Wildman–Crippen LogP) is 2.71. The molecule has 1 aromatic carbocycles. The van der Waals surface area contributed by atoms with Crippen molar-refractivity contribution >= 4 is 5.91 Å². The first-order valence-electron chi connectivity index (χ1n) is 9.12. The normalized spacial score (nSPS) is 14.8. The van der Waals surface area contributed by atoms with E-state index in [0.717, 1.165) is 54.0 Å². The fourth-order valence-electron chi connectivity index (χ4n) is 3.62. The van der Waals surface area contributed by atoms with E-state index in [1.165, 1.54) is 6.42 Å². The topological polar surface area (TPSA) is 58.4 Å². The SMILES string of the molecule is Cc1nn(Cc2cccc(C(=O)N3CCCCC3)c2)c(C)c1CCO. The molecule has 5 nitrogen and oxygen atoms in total. The van der Waals surface area contributed by atoms with Crippen molar-refractivity contribution in [3.8, 4) is 0 Å². The summed E-state index contributed by atoms with van der Waals surface area (Å²) in [6.07, 6.45) is 4.05. The van der Waals surface area contributed by atoms with Crippen LogP contribution in [0, 0.1) is 13.8 Å². The van der Waals surface area contributed by atoms with Gasteiger partial charge in [-0.1, -0.05) is 12.1 Å². The Morgan fingerprint density at radius 1 is 1.20 bits per heavy atom. The third-order valence-electron chi connectivity index (χ3n) is 5.04. The average Bonchev–Trinajstić information content (AvgIpc) is 2.90. The Hall–Kier alpha value is -2.14. The van der Waals surface area contributed by atoms with Crippen LogP contribution in [-0.4, -0.2) is 45.4 Å². The van der Waals surface area contributed by atoms with Gasteiger partial charge in [0.05, 0.1) is 12.2 Å². The smallest absolute Gasteiger partial charge is 0.253 e. The van der Waals surface area contributed by atoms with Gasteiger partial charge >= 0.3 is 0 Å². The molecule has 134 valence electrons. The van der Waals surface area contributed by atoms with E-state index in [1.807, 2.05) is 47.7 Å². The average molecular weight is 341 g/mol. The molecule has 5 heteroatoms. The molecule has 2 aromatic rings. The van der Waals surface area contributed by atoms with Gasteiger partial charge in [-0.2, -0.15) is 5.10 Å². The second kappa shape index (κ2) is 7.83. The van der Waals surface area contributed by atoms with Gasteiger partial charge in [-0.15, -0.1) is 0 Å². The molecule has 2 heterocycles. The largest absolute Gasteiger partial charge is 0.396 e. The predicted molar refractivity (Wildman–Crippen MR) is 97.8 cm³/mol. The van der Waals surface area contributed by atoms with Crippen molar-refractivity contribution in [2.24, 2.45) is 0 Å². The number of piperidine rings is 1. The Balaban J connectivity index is 1.78. The van der Waals surface area contributed by atoms with Crippen molar-refractivity contribution in [3.05, 3.63) is 52.3 Å². The van der Waals surface area contributed by atoms with Gasteiger partial charge in [-0.25, -0.2) is 0 Å². The number of aromatic nitrogens is 2. The molecule has 0 radical (unpaired) electrons. The van der Waals surface area contributed by atoms with E-state index < -0.39 is 0 Å². The van der Waals surface area contributed by atoms with E-state index in [9.17, 15) is 9.90 Å². The maximum atomic E-state index is 12.7. The summed E-state index contributed by atoms with van der Waals surface area (Å²) in [4.78, 5) is 14.7. The number of amides is 1. The second-order valence-electron chi connectivity index (χ2n) is 6.83. The molecule has 0 unspecified atom stereocenters. The van der Waals surface area contributed by atoms with Crippen LogP contribution in [0.1, 0.15) is 52.1 Å². The van der Waals surface area contributed by atoms with E-state index in [-0.39, 0.29) is 12.5 Å². The van der Waals surface area contributed by atoms with Crippen LogP contribution in [0.3, 0.4) is 0 Å². The van der Waals surface area contributed by atoms with E-state index in [0.29, 0.717) is 13.0 Å². The first kappa shape index (κ1) is 17.7. The number of likely N-dealkylation sites (tertiary alicyclic amines) is 1. The number of carbonyl (C=O) groups is 1. The lowest BCUT2D eigenvalue weighted by Gasteiger charge is -2.26. The number of carbonyl (C=O) groups excluding carboxylic acids is 1. The van der Waals surface area contributed by atoms with E-state index in [1.54, 1.807) is 0 Å². The van der Waals surface area contributed by atoms with Crippen molar-refractivity contribution in [2.75, 3.05) is 19.7 Å². The van der Waals surface area contributed by atoms with E-state index in [2.05, 4.69) is 5.10 Å². The zero-order chi connectivity index (χ0) is 17.8. The second-order valence-corrected chi connectivity index (χ2v) is 6.83. The van der Waals surface area contributed by atoms with E-state index >= 15 is 0 Å². The fraction of sp³-hybridized carbons (Fsp3) is 0.500. The summed E-state index contributed by atoms with van der Waals surface area (Å²) in [5.74, 6) is 0.135. The minimum Gasteiger partial charge on any atom is -0.396 e. The molecule has 3 rings (SSSR count). The Bertz CT molecular complexity index is 745. The quantitative estimate of drug-likeness (QED) is 0.910. The molecule has 0 atom stereocenters. The van der Waals surface area contributed by atoms with Gasteiger partial charge in [0, 0.05) is 31.0 Å². The Morgan fingerprint density at radius 3 is 2.68 bits per heavy atom. The fourth-order valence-corrected chi connectivity index (χ4v) is 3.62. The summed E-state index contributed by atoms with van der Waals surface area (Å²) in [6, 6.07) is 7.87. The van der Waals surface area contributed by atoms with Gasteiger partial charge in [0.1, 0.15) is 0 Å². The van der Waals surface area contributed by atoms with Gasteiger partial charge in [0.25, 0.3) is 5.91 Å². The summed E-state index contributed by atoms with van der Waals surface area (Å²) in [7, 11) is 0. The molecular weight excluding hydrogens is 314 g/mol. The molecule has 1 fully saturated rings. The number of hydrogen-bond donors (Lipinski definition) is 1. The molecule has 0 aliphatic carbocycles. The molecule has 1 saturated heterocycles. The molecule has 1 N–H and O–H groups in total. The van der Waals surface area contributed by atoms with Crippen molar-refractivity contribution < 1.29 is 9.90 Å². The van der Waals surface area contributed by atoms with Gasteiger partial charge in [0.15, 0.2) is 0 Å². The van der Waals surface area contributed by atoms with Crippen LogP contribution in [0.15, 0.2) is 24.3 Å². The highest BCUT2D eigenvalue weighted by Crippen LogP contribution is 2.17. The monoisotopic (exact) mass is 341 g/mol. The summed E-state index contributed by atoms with van der Waals surface area (Å²) in [6.45, 7) is 6.51. The van der Waals surface area contributed by atoms with Crippen LogP contribution in [0.25, 0.3) is 0 Å². The minimum atomic E-state index is 0.132. The van der Waals surface area contributed by atoms with Crippen LogP contribution in [-0.2, 0) is 13.0 Å². The molecule has 1 aromatic heterocycles. The van der Waals surface area contributed by atoms with Crippen LogP contribution < -0.4 is 0 Å². The lowest BCUT2D eigenvalue weighted by Crippen LogP contribution is -2.35. The highest BCUT2D eigenvalue weighted by Gasteiger charge is 2.18. The highest BCUT2D eigenvalue weighted by atomic mass is 16.3. The first-order valence-corrected chi connectivity index (χ1v) is 9.12. The Morgan fingerprint density at radius 2 is 1.96 bits per heavy atom. The number of hydrogen-bond acceptors (Lipinski definition) is 3. The number of aryl methyl sites for hydroxylation is 1. The molecule has 1 amide bonds. The molecule has 1 aliphatic heterocycles. The summed E-state index contributed by atoms with van der Waals surface area (Å²) >= 11 is 0. The van der Waals surface area contributed by atoms with Gasteiger partial charge < -0.3 is 10.0 Å². The number of rotatable bonds is 5. The van der Waals surface area contributed by atoms with Gasteiger partial charge in [-0.05, 0) is 62.8 Å². The Kier molecular flexibility index (Phi) is 5.53. The molecule has 25 heavy (non-hydrogen) atoms. The highest BCUT2D eigenvalue weighted by molar-refractivity contribution is 5.94. The Labute approximate surface area is 149 Å². The van der Waals surface area contributed by atoms with Crippen molar-refractivity contribution in [1.29, 1.82) is 0 Å². The number of aliphatic hydroxyl groups excluding tert-OH is 1. The lowest BCUT2D eigenvalue weighted by molar-refractivity contribution is 0.0724. The third-order valence-corrected chi connectivity index (χ3v) is 5.04. The zero-order valence-corrected chi connectivity index (χ0v) is 15.2. The summed E-state index contributed by atoms with van der Waals surface area (Å²) in [5.41, 5.74) is 5.00. The van der Waals surface area contributed by atoms with Gasteiger partial charge in [0.2, 0.25) is 0 Å². The first-order chi connectivity index (χ1) is 12.1. The van der Waals surface area contributed by atoms with Crippen molar-refractivity contribution in [1.82, 2.24) is 14.7 Å². The van der Waals surface area contributed by atoms with Gasteiger partial charge in [-0.3, -0.25) is 9.48 Å². The maximum Gasteiger partial charge on any atom is 0.253 e. The van der Waals surface area contributed by atoms with Crippen LogP contribution in [0.5, 0.6) is 0 Å². The van der Waals surface area contributed by atoms with Crippen molar-refractivity contribution in [2.45, 2.75) is 46.1 Å². The zero-order valence-electron chi connectivity index (χ0n) is 15.2. The molecular formula is C20H27N3O2. The third kappa shape index (κ3) is 3.93. The molecule has 0 spiro atoms. The molecule has 0 saturated carbocycles. The summed E-state index contributed by atoms with van der Waals surface area (Å²) < 4.78 is 1.96.